The van der Waals surface area contributed by atoms with E-state index in [2.05, 4.69) is 9.55 Å². The van der Waals surface area contributed by atoms with E-state index in [0.29, 0.717) is 39.6 Å². The van der Waals surface area contributed by atoms with E-state index in [4.69, 9.17) is 19.9 Å². The van der Waals surface area contributed by atoms with E-state index in [9.17, 15) is 0 Å². The topological polar surface area (TPSA) is 71.5 Å². The third kappa shape index (κ3) is 6.11. The van der Waals surface area contributed by atoms with Crippen LogP contribution in [-0.2, 0) is 27.2 Å². The van der Waals surface area contributed by atoms with Gasteiger partial charge in [0.2, 0.25) is 0 Å². The maximum Gasteiger partial charge on any atom is 0.109 e. The lowest BCUT2D eigenvalue weighted by molar-refractivity contribution is 0.0229. The minimum absolute atomic E-state index is 0.600. The fourth-order valence-corrected chi connectivity index (χ4v) is 1.53. The van der Waals surface area contributed by atoms with E-state index in [1.54, 1.807) is 13.3 Å². The Morgan fingerprint density at radius 3 is 2.61 bits per heavy atom. The van der Waals surface area contributed by atoms with Gasteiger partial charge in [0.05, 0.1) is 33.0 Å². The second-order valence-electron chi connectivity index (χ2n) is 3.79. The first-order chi connectivity index (χ1) is 8.88. The third-order valence-corrected chi connectivity index (χ3v) is 2.45. The molecule has 0 aliphatic carbocycles. The van der Waals surface area contributed by atoms with E-state index in [0.717, 1.165) is 18.8 Å². The number of methoxy groups -OCH3 is 1. The molecule has 0 aliphatic heterocycles. The largest absolute Gasteiger partial charge is 0.382 e. The third-order valence-electron chi connectivity index (χ3n) is 2.45. The summed E-state index contributed by atoms with van der Waals surface area (Å²) in [7, 11) is 1.66. The van der Waals surface area contributed by atoms with Gasteiger partial charge in [-0.25, -0.2) is 4.98 Å². The molecule has 0 saturated heterocycles. The van der Waals surface area contributed by atoms with Gasteiger partial charge in [0, 0.05) is 32.5 Å². The molecule has 0 bridgehead atoms. The monoisotopic (exact) mass is 257 g/mol. The zero-order valence-electron chi connectivity index (χ0n) is 11.0. The Balaban J connectivity index is 2.01. The van der Waals surface area contributed by atoms with Crippen LogP contribution in [-0.4, -0.2) is 56.2 Å². The summed E-state index contributed by atoms with van der Waals surface area (Å²) in [6.07, 6.45) is 4.54. The van der Waals surface area contributed by atoms with Crippen LogP contribution in [0.4, 0.5) is 0 Å². The molecule has 1 rings (SSSR count). The number of ether oxygens (including phenoxy) is 3. The molecule has 0 unspecified atom stereocenters. The zero-order chi connectivity index (χ0) is 13.1. The van der Waals surface area contributed by atoms with Crippen molar-refractivity contribution in [2.45, 2.75) is 13.0 Å². The highest BCUT2D eigenvalue weighted by Gasteiger charge is 2.00. The van der Waals surface area contributed by atoms with Crippen LogP contribution in [0.5, 0.6) is 0 Å². The average molecular weight is 257 g/mol. The lowest BCUT2D eigenvalue weighted by Gasteiger charge is -2.08. The summed E-state index contributed by atoms with van der Waals surface area (Å²) in [4.78, 5) is 4.24. The molecule has 0 aliphatic rings. The summed E-state index contributed by atoms with van der Waals surface area (Å²) in [6, 6.07) is 0. The van der Waals surface area contributed by atoms with Crippen LogP contribution in [0.1, 0.15) is 5.82 Å². The first kappa shape index (κ1) is 15.1. The van der Waals surface area contributed by atoms with Gasteiger partial charge in [0.1, 0.15) is 5.82 Å². The molecule has 1 aromatic rings. The van der Waals surface area contributed by atoms with E-state index in [-0.39, 0.29) is 0 Å². The minimum Gasteiger partial charge on any atom is -0.382 e. The summed E-state index contributed by atoms with van der Waals surface area (Å²) in [5.74, 6) is 1.01. The predicted molar refractivity (Wildman–Crippen MR) is 68.5 cm³/mol. The van der Waals surface area contributed by atoms with E-state index in [1.807, 2.05) is 6.20 Å². The molecule has 0 fully saturated rings. The van der Waals surface area contributed by atoms with Gasteiger partial charge in [-0.05, 0) is 6.54 Å². The van der Waals surface area contributed by atoms with Gasteiger partial charge in [-0.2, -0.15) is 0 Å². The van der Waals surface area contributed by atoms with Gasteiger partial charge >= 0.3 is 0 Å². The quantitative estimate of drug-likeness (QED) is 0.568. The molecular formula is C12H23N3O3. The fourth-order valence-electron chi connectivity index (χ4n) is 1.53. The van der Waals surface area contributed by atoms with Crippen molar-refractivity contribution in [1.29, 1.82) is 0 Å². The number of aromatic nitrogens is 2. The fraction of sp³-hybridized carbons (Fsp3) is 0.750. The van der Waals surface area contributed by atoms with Crippen molar-refractivity contribution in [1.82, 2.24) is 9.55 Å². The van der Waals surface area contributed by atoms with Crippen molar-refractivity contribution in [2.75, 3.05) is 46.7 Å². The van der Waals surface area contributed by atoms with E-state index >= 15 is 0 Å². The average Bonchev–Trinajstić information content (AvgIpc) is 2.81. The van der Waals surface area contributed by atoms with Gasteiger partial charge in [0.25, 0.3) is 0 Å². The molecular weight excluding hydrogens is 234 g/mol. The molecule has 1 heterocycles. The highest BCUT2D eigenvalue weighted by Crippen LogP contribution is 1.98. The number of nitrogens with two attached hydrogens (primary N) is 1. The summed E-state index contributed by atoms with van der Waals surface area (Å²) in [5.41, 5.74) is 5.51. The Bertz CT molecular complexity index is 305. The Morgan fingerprint density at radius 2 is 1.89 bits per heavy atom. The minimum atomic E-state index is 0.600. The number of hydrogen-bond acceptors (Lipinski definition) is 5. The summed E-state index contributed by atoms with van der Waals surface area (Å²) in [6.45, 7) is 4.51. The normalized spacial score (nSPS) is 11.0. The second-order valence-corrected chi connectivity index (χ2v) is 3.79. The van der Waals surface area contributed by atoms with Crippen LogP contribution in [0.25, 0.3) is 0 Å². The first-order valence-electron chi connectivity index (χ1n) is 6.23. The molecule has 0 atom stereocenters. The van der Waals surface area contributed by atoms with Crippen molar-refractivity contribution < 1.29 is 14.2 Å². The van der Waals surface area contributed by atoms with Crippen molar-refractivity contribution in [3.05, 3.63) is 18.2 Å². The summed E-state index contributed by atoms with van der Waals surface area (Å²) in [5, 5.41) is 0. The van der Waals surface area contributed by atoms with Crippen LogP contribution in [0.2, 0.25) is 0 Å². The molecule has 6 nitrogen and oxygen atoms in total. The molecule has 104 valence electrons. The predicted octanol–water partition coefficient (Wildman–Crippen LogP) is 0.0639. The van der Waals surface area contributed by atoms with Crippen LogP contribution in [0.3, 0.4) is 0 Å². The molecule has 18 heavy (non-hydrogen) atoms. The van der Waals surface area contributed by atoms with Crippen molar-refractivity contribution in [3.63, 3.8) is 0 Å². The Morgan fingerprint density at radius 1 is 1.17 bits per heavy atom. The van der Waals surface area contributed by atoms with Crippen molar-refractivity contribution >= 4 is 0 Å². The Hall–Kier alpha value is -0.950. The standard InChI is InChI=1S/C12H23N3O3/c1-16-8-9-18-11-10-17-7-6-15-5-4-14-12(15)2-3-13/h4-5H,2-3,6-11,13H2,1H3. The molecule has 0 radical (unpaired) electrons. The highest BCUT2D eigenvalue weighted by molar-refractivity contribution is 4.92. The molecule has 2 N–H and O–H groups in total. The van der Waals surface area contributed by atoms with Gasteiger partial charge in [-0.1, -0.05) is 0 Å². The van der Waals surface area contributed by atoms with Crippen LogP contribution in [0, 0.1) is 0 Å². The Kier molecular flexibility index (Phi) is 8.41. The van der Waals surface area contributed by atoms with Gasteiger partial charge < -0.3 is 24.5 Å². The molecule has 6 heteroatoms. The lowest BCUT2D eigenvalue weighted by atomic mass is 10.4. The lowest BCUT2D eigenvalue weighted by Crippen LogP contribution is -2.14. The molecule has 0 amide bonds. The van der Waals surface area contributed by atoms with Crippen molar-refractivity contribution in [3.8, 4) is 0 Å². The summed E-state index contributed by atoms with van der Waals surface area (Å²) >= 11 is 0. The Labute approximate surface area is 108 Å². The summed E-state index contributed by atoms with van der Waals surface area (Å²) < 4.78 is 17.7. The SMILES string of the molecule is COCCOCCOCCn1ccnc1CCN. The van der Waals surface area contributed by atoms with Crippen LogP contribution >= 0.6 is 0 Å². The first-order valence-corrected chi connectivity index (χ1v) is 6.23. The second kappa shape index (κ2) is 10.0. The number of nitrogens with zero attached hydrogens (tertiary/aromatic N) is 2. The maximum atomic E-state index is 5.51. The van der Waals surface area contributed by atoms with E-state index in [1.165, 1.54) is 0 Å². The zero-order valence-corrected chi connectivity index (χ0v) is 11.0. The molecule has 0 spiro atoms. The number of imidazole rings is 1. The van der Waals surface area contributed by atoms with Gasteiger partial charge in [-0.15, -0.1) is 0 Å². The van der Waals surface area contributed by atoms with Crippen LogP contribution in [0.15, 0.2) is 12.4 Å². The highest BCUT2D eigenvalue weighted by atomic mass is 16.5. The van der Waals surface area contributed by atoms with E-state index < -0.39 is 0 Å². The molecule has 1 aromatic heterocycles. The molecule has 0 aromatic carbocycles. The van der Waals surface area contributed by atoms with Gasteiger partial charge in [-0.3, -0.25) is 0 Å². The maximum absolute atomic E-state index is 5.51. The number of hydrogen-bond donors (Lipinski definition) is 1. The number of rotatable bonds is 11. The van der Waals surface area contributed by atoms with Gasteiger partial charge in [0.15, 0.2) is 0 Å². The smallest absolute Gasteiger partial charge is 0.109 e. The van der Waals surface area contributed by atoms with Crippen molar-refractivity contribution in [2.24, 2.45) is 5.73 Å². The van der Waals surface area contributed by atoms with Crippen LogP contribution < -0.4 is 5.73 Å². The molecule has 0 saturated carbocycles.